The van der Waals surface area contributed by atoms with Gasteiger partial charge in [-0.3, -0.25) is 19.1 Å². The van der Waals surface area contributed by atoms with Crippen LogP contribution in [0.2, 0.25) is 0 Å². The Hall–Kier alpha value is -3.37. The van der Waals surface area contributed by atoms with Crippen LogP contribution in [0.3, 0.4) is 0 Å². The first-order chi connectivity index (χ1) is 21.3. The Morgan fingerprint density at radius 2 is 1.64 bits per heavy atom. The normalized spacial score (nSPS) is 17.7. The number of rotatable bonds is 11. The van der Waals surface area contributed by atoms with Crippen LogP contribution >= 0.6 is 0 Å². The van der Waals surface area contributed by atoms with Crippen molar-refractivity contribution in [3.63, 3.8) is 0 Å². The Bertz CT molecular complexity index is 1090. The molecule has 4 unspecified atom stereocenters. The SMILES string of the molecule is CC.CC(C(F)F)C(NC(=O)C1CCCN1C(=O)CN)C(=O)NS(=O)C1CC1.CC(C)C.COc1ccc(/C(N)=N/NN)cc1. The molecule has 3 amide bonds. The molecule has 0 bridgehead atoms. The first-order valence-corrected chi connectivity index (χ1v) is 16.2. The molecule has 4 atom stereocenters. The van der Waals surface area contributed by atoms with Gasteiger partial charge in [0.15, 0.2) is 5.84 Å². The second-order valence-corrected chi connectivity index (χ2v) is 12.1. The van der Waals surface area contributed by atoms with Gasteiger partial charge in [0, 0.05) is 18.0 Å². The average molecular weight is 663 g/mol. The molecule has 1 aliphatic heterocycles. The van der Waals surface area contributed by atoms with Gasteiger partial charge in [-0.2, -0.15) is 0 Å². The Morgan fingerprint density at radius 1 is 1.09 bits per heavy atom. The van der Waals surface area contributed by atoms with E-state index in [0.29, 0.717) is 38.1 Å². The second-order valence-electron chi connectivity index (χ2n) is 10.7. The van der Waals surface area contributed by atoms with Gasteiger partial charge in [-0.25, -0.2) is 24.4 Å². The van der Waals surface area contributed by atoms with Crippen molar-refractivity contribution in [1.82, 2.24) is 20.5 Å². The highest BCUT2D eigenvalue weighted by atomic mass is 32.2. The van der Waals surface area contributed by atoms with E-state index in [2.05, 4.69) is 41.4 Å². The van der Waals surface area contributed by atoms with Crippen LogP contribution < -0.4 is 37.6 Å². The van der Waals surface area contributed by atoms with Gasteiger partial charge in [-0.1, -0.05) is 41.5 Å². The number of benzene rings is 1. The molecule has 1 aromatic carbocycles. The standard InChI is InChI=1S/C15H24F2N4O4S.C8H12N4O.C4H10.C2H6/c1-8(13(16)17)12(15(24)20-26(25)9-4-5-9)19-14(23)10-3-2-6-21(10)11(22)7-18;1-13-7-4-2-6(3-5-7)8(9)11-12-10;1-4(2)3;1-2/h8-10,12-13H,2-7,18H2,1H3,(H,19,23)(H,20,24);2-5,12H,10H2,1H3,(H2,9,11);4H,1-3H3;1-2H3. The minimum Gasteiger partial charge on any atom is -0.497 e. The summed E-state index contributed by atoms with van der Waals surface area (Å²) in [7, 11) is -0.0453. The van der Waals surface area contributed by atoms with E-state index in [-0.39, 0.29) is 11.8 Å². The summed E-state index contributed by atoms with van der Waals surface area (Å²) in [4.78, 5) is 37.9. The lowest BCUT2D eigenvalue weighted by molar-refractivity contribution is -0.139. The van der Waals surface area contributed by atoms with Crippen molar-refractivity contribution >= 4 is 34.5 Å². The number of ether oxygens (including phenoxy) is 1. The third-order valence-corrected chi connectivity index (χ3v) is 7.63. The summed E-state index contributed by atoms with van der Waals surface area (Å²) in [6, 6.07) is 4.81. The zero-order valence-electron chi connectivity index (χ0n) is 27.3. The van der Waals surface area contributed by atoms with Crippen molar-refractivity contribution in [2.45, 2.75) is 91.0 Å². The molecule has 16 heteroatoms. The molecular weight excluding hydrogens is 610 g/mol. The van der Waals surface area contributed by atoms with Gasteiger partial charge < -0.3 is 26.4 Å². The number of nitrogens with one attached hydrogen (secondary N) is 3. The van der Waals surface area contributed by atoms with Crippen LogP contribution in [0, 0.1) is 11.8 Å². The molecule has 1 heterocycles. The van der Waals surface area contributed by atoms with Crippen LogP contribution in [0.4, 0.5) is 8.78 Å². The molecule has 258 valence electrons. The number of hydrogen-bond acceptors (Lipinski definition) is 9. The maximum absolute atomic E-state index is 13.1. The largest absolute Gasteiger partial charge is 0.497 e. The fraction of sp³-hybridized carbons (Fsp3) is 0.655. The Kier molecular flexibility index (Phi) is 20.5. The molecule has 2 aliphatic rings. The number of hydrazine groups is 1. The molecule has 0 radical (unpaired) electrons. The molecular formula is C29H52F2N8O5S. The number of alkyl halides is 2. The second kappa shape index (κ2) is 22.2. The summed E-state index contributed by atoms with van der Waals surface area (Å²) in [5.74, 6) is 3.44. The highest BCUT2D eigenvalue weighted by Crippen LogP contribution is 2.25. The van der Waals surface area contributed by atoms with Crippen molar-refractivity contribution in [3.05, 3.63) is 29.8 Å². The summed E-state index contributed by atoms with van der Waals surface area (Å²) in [5, 5.41) is 5.78. The molecule has 45 heavy (non-hydrogen) atoms. The number of hydrazone groups is 1. The fourth-order valence-corrected chi connectivity index (χ4v) is 4.77. The van der Waals surface area contributed by atoms with Crippen LogP contribution in [0.5, 0.6) is 5.75 Å². The van der Waals surface area contributed by atoms with E-state index < -0.39 is 53.1 Å². The predicted octanol–water partition coefficient (Wildman–Crippen LogP) is 1.73. The Labute approximate surface area is 268 Å². The molecule has 9 N–H and O–H groups in total. The van der Waals surface area contributed by atoms with E-state index in [1.165, 1.54) is 4.90 Å². The van der Waals surface area contributed by atoms with Gasteiger partial charge in [0.05, 0.1) is 18.9 Å². The maximum atomic E-state index is 13.1. The maximum Gasteiger partial charge on any atom is 0.254 e. The molecule has 0 aromatic heterocycles. The Morgan fingerprint density at radius 3 is 2.09 bits per heavy atom. The van der Waals surface area contributed by atoms with Crippen molar-refractivity contribution in [3.8, 4) is 5.75 Å². The number of amides is 3. The smallest absolute Gasteiger partial charge is 0.254 e. The van der Waals surface area contributed by atoms with Crippen LogP contribution in [-0.2, 0) is 25.4 Å². The van der Waals surface area contributed by atoms with Gasteiger partial charge in [-0.15, -0.1) is 5.10 Å². The summed E-state index contributed by atoms with van der Waals surface area (Å²) < 4.78 is 45.3. The number of nitrogens with zero attached hydrogens (tertiary/aromatic N) is 2. The lowest BCUT2D eigenvalue weighted by Crippen LogP contribution is -2.57. The monoisotopic (exact) mass is 662 g/mol. The van der Waals surface area contributed by atoms with E-state index in [0.717, 1.165) is 24.2 Å². The van der Waals surface area contributed by atoms with Crippen LogP contribution in [0.15, 0.2) is 29.4 Å². The summed E-state index contributed by atoms with van der Waals surface area (Å²) in [5.41, 5.74) is 13.8. The number of nitrogens with two attached hydrogens (primary N) is 3. The summed E-state index contributed by atoms with van der Waals surface area (Å²) in [6.07, 6.45) is -0.510. The lowest BCUT2D eigenvalue weighted by Gasteiger charge is -2.28. The third kappa shape index (κ3) is 15.5. The van der Waals surface area contributed by atoms with Crippen LogP contribution in [-0.4, -0.2) is 76.6 Å². The minimum absolute atomic E-state index is 0.162. The van der Waals surface area contributed by atoms with Crippen molar-refractivity contribution < 1.29 is 32.1 Å². The molecule has 1 saturated heterocycles. The molecule has 3 rings (SSSR count). The number of carbonyl (C=O) groups excluding carboxylic acids is 3. The van der Waals surface area contributed by atoms with Crippen molar-refractivity contribution in [2.24, 2.45) is 34.2 Å². The fourth-order valence-electron chi connectivity index (χ4n) is 3.71. The number of amidine groups is 1. The summed E-state index contributed by atoms with van der Waals surface area (Å²) in [6.45, 7) is 11.7. The zero-order chi connectivity index (χ0) is 34.7. The van der Waals surface area contributed by atoms with Crippen LogP contribution in [0.1, 0.15) is 72.8 Å². The van der Waals surface area contributed by atoms with Crippen molar-refractivity contribution in [1.29, 1.82) is 0 Å². The number of hydrogen-bond donors (Lipinski definition) is 6. The quantitative estimate of drug-likeness (QED) is 0.0882. The predicted molar refractivity (Wildman–Crippen MR) is 173 cm³/mol. The number of halogens is 2. The topological polar surface area (TPSA) is 207 Å². The highest BCUT2D eigenvalue weighted by molar-refractivity contribution is 7.84. The summed E-state index contributed by atoms with van der Waals surface area (Å²) >= 11 is 0. The molecule has 1 aliphatic carbocycles. The van der Waals surface area contributed by atoms with Crippen LogP contribution in [0.25, 0.3) is 0 Å². The third-order valence-electron chi connectivity index (χ3n) is 6.15. The van der Waals surface area contributed by atoms with Gasteiger partial charge in [0.1, 0.15) is 28.8 Å². The first kappa shape index (κ1) is 41.6. The van der Waals surface area contributed by atoms with Gasteiger partial charge in [0.25, 0.3) is 5.91 Å². The molecule has 1 saturated carbocycles. The average Bonchev–Trinajstić information content (AvgIpc) is 3.76. The van der Waals surface area contributed by atoms with Gasteiger partial charge in [0.2, 0.25) is 18.2 Å². The zero-order valence-corrected chi connectivity index (χ0v) is 28.2. The number of likely N-dealkylation sites (tertiary alicyclic amines) is 1. The molecule has 2 fully saturated rings. The van der Waals surface area contributed by atoms with E-state index in [1.54, 1.807) is 31.4 Å². The lowest BCUT2D eigenvalue weighted by atomic mass is 10.0. The highest BCUT2D eigenvalue weighted by Gasteiger charge is 2.40. The van der Waals surface area contributed by atoms with Crippen molar-refractivity contribution in [2.75, 3.05) is 20.2 Å². The number of carbonyl (C=O) groups is 3. The van der Waals surface area contributed by atoms with E-state index in [4.69, 9.17) is 22.0 Å². The Balaban J connectivity index is 0.000000846. The first-order valence-electron chi connectivity index (χ1n) is 15.0. The molecule has 1 aromatic rings. The minimum atomic E-state index is -2.86. The van der Waals surface area contributed by atoms with Gasteiger partial charge in [-0.05, 0) is 55.9 Å². The van der Waals surface area contributed by atoms with E-state index >= 15 is 0 Å². The van der Waals surface area contributed by atoms with Gasteiger partial charge >= 0.3 is 0 Å². The van der Waals surface area contributed by atoms with E-state index in [9.17, 15) is 27.4 Å². The number of methoxy groups -OCH3 is 1. The molecule has 13 nitrogen and oxygen atoms in total. The molecule has 0 spiro atoms. The van der Waals surface area contributed by atoms with E-state index in [1.807, 2.05) is 13.8 Å².